The van der Waals surface area contributed by atoms with E-state index in [0.717, 1.165) is 38.1 Å². The smallest absolute Gasteiger partial charge is 0.171 e. The summed E-state index contributed by atoms with van der Waals surface area (Å²) in [5.41, 5.74) is 9.84. The molecule has 0 saturated carbocycles. The monoisotopic (exact) mass is 285 g/mol. The largest absolute Gasteiger partial charge is 0.497 e. The van der Waals surface area contributed by atoms with E-state index in [1.165, 1.54) is 11.8 Å². The molecule has 5 heteroatoms. The number of aromatic nitrogens is 2. The maximum atomic E-state index is 6.09. The third kappa shape index (κ3) is 2.32. The Labute approximate surface area is 121 Å². The number of nitrogens with one attached hydrogen (secondary N) is 1. The molecule has 0 bridgehead atoms. The number of benzene rings is 2. The van der Waals surface area contributed by atoms with Gasteiger partial charge in [0.25, 0.3) is 0 Å². The summed E-state index contributed by atoms with van der Waals surface area (Å²) < 4.78 is 5.21. The molecule has 0 aliphatic heterocycles. The zero-order valence-corrected chi connectivity index (χ0v) is 12.1. The zero-order chi connectivity index (χ0) is 14.1. The SMILES string of the molecule is COc1ccc2nc(Sc3cccc(C)c3N)[nH]c2c1. The number of nitrogen functional groups attached to an aromatic ring is 1. The summed E-state index contributed by atoms with van der Waals surface area (Å²) >= 11 is 1.54. The molecule has 0 aliphatic rings. The summed E-state index contributed by atoms with van der Waals surface area (Å²) in [5.74, 6) is 0.813. The second-order valence-electron chi connectivity index (χ2n) is 4.51. The average Bonchev–Trinajstić information content (AvgIpc) is 2.85. The van der Waals surface area contributed by atoms with Crippen molar-refractivity contribution < 1.29 is 4.74 Å². The number of aromatic amines is 1. The highest BCUT2D eigenvalue weighted by atomic mass is 32.2. The maximum absolute atomic E-state index is 6.09. The molecule has 3 aromatic rings. The Kier molecular flexibility index (Phi) is 3.28. The molecule has 1 aromatic heterocycles. The number of fused-ring (bicyclic) bond motifs is 1. The van der Waals surface area contributed by atoms with Crippen LogP contribution in [0, 0.1) is 6.92 Å². The van der Waals surface area contributed by atoms with Gasteiger partial charge in [0.15, 0.2) is 5.16 Å². The number of rotatable bonds is 3. The first kappa shape index (κ1) is 12.9. The number of H-pyrrole nitrogens is 1. The lowest BCUT2D eigenvalue weighted by atomic mass is 10.2. The Bertz CT molecular complexity index is 767. The third-order valence-electron chi connectivity index (χ3n) is 3.16. The molecule has 1 heterocycles. The van der Waals surface area contributed by atoms with Gasteiger partial charge in [0.2, 0.25) is 0 Å². The quantitative estimate of drug-likeness (QED) is 0.721. The maximum Gasteiger partial charge on any atom is 0.171 e. The van der Waals surface area contributed by atoms with Gasteiger partial charge in [-0.05, 0) is 42.4 Å². The van der Waals surface area contributed by atoms with Crippen molar-refractivity contribution in [3.05, 3.63) is 42.0 Å². The third-order valence-corrected chi connectivity index (χ3v) is 4.12. The molecule has 0 amide bonds. The molecule has 2 aromatic carbocycles. The summed E-state index contributed by atoms with van der Waals surface area (Å²) in [6.45, 7) is 2.00. The van der Waals surface area contributed by atoms with Crippen molar-refractivity contribution in [3.8, 4) is 5.75 Å². The van der Waals surface area contributed by atoms with E-state index >= 15 is 0 Å². The average molecular weight is 285 g/mol. The van der Waals surface area contributed by atoms with Crippen molar-refractivity contribution in [1.82, 2.24) is 9.97 Å². The van der Waals surface area contributed by atoms with Crippen LogP contribution in [0.5, 0.6) is 5.75 Å². The van der Waals surface area contributed by atoms with Gasteiger partial charge in [-0.2, -0.15) is 0 Å². The fourth-order valence-electron chi connectivity index (χ4n) is 1.99. The number of hydrogen-bond acceptors (Lipinski definition) is 4. The molecule has 0 saturated heterocycles. The van der Waals surface area contributed by atoms with Gasteiger partial charge in [-0.3, -0.25) is 0 Å². The summed E-state index contributed by atoms with van der Waals surface area (Å²) in [4.78, 5) is 8.84. The lowest BCUT2D eigenvalue weighted by molar-refractivity contribution is 0.415. The van der Waals surface area contributed by atoms with E-state index in [1.807, 2.05) is 43.3 Å². The molecule has 4 nitrogen and oxygen atoms in total. The topological polar surface area (TPSA) is 63.9 Å². The van der Waals surface area contributed by atoms with Crippen LogP contribution in [0.25, 0.3) is 11.0 Å². The van der Waals surface area contributed by atoms with Crippen LogP contribution in [-0.2, 0) is 0 Å². The number of hydrogen-bond donors (Lipinski definition) is 2. The number of imidazole rings is 1. The predicted molar refractivity (Wildman–Crippen MR) is 82.4 cm³/mol. The minimum Gasteiger partial charge on any atom is -0.497 e. The number of nitrogens with two attached hydrogens (primary N) is 1. The lowest BCUT2D eigenvalue weighted by Crippen LogP contribution is -1.92. The van der Waals surface area contributed by atoms with E-state index in [0.29, 0.717) is 0 Å². The Balaban J connectivity index is 1.96. The van der Waals surface area contributed by atoms with Gasteiger partial charge < -0.3 is 15.5 Å². The van der Waals surface area contributed by atoms with Crippen LogP contribution >= 0.6 is 11.8 Å². The predicted octanol–water partition coefficient (Wildman–Crippen LogP) is 3.61. The second-order valence-corrected chi connectivity index (χ2v) is 5.54. The van der Waals surface area contributed by atoms with Crippen LogP contribution in [-0.4, -0.2) is 17.1 Å². The summed E-state index contributed by atoms with van der Waals surface area (Å²) in [7, 11) is 1.65. The highest BCUT2D eigenvalue weighted by Gasteiger charge is 2.08. The van der Waals surface area contributed by atoms with E-state index in [1.54, 1.807) is 7.11 Å². The number of methoxy groups -OCH3 is 1. The molecule has 3 N–H and O–H groups in total. The zero-order valence-electron chi connectivity index (χ0n) is 11.3. The number of para-hydroxylation sites is 1. The second kappa shape index (κ2) is 5.09. The highest BCUT2D eigenvalue weighted by Crippen LogP contribution is 2.33. The first-order valence-corrected chi connectivity index (χ1v) is 7.06. The summed E-state index contributed by atoms with van der Waals surface area (Å²) in [6.07, 6.45) is 0. The van der Waals surface area contributed by atoms with Gasteiger partial charge in [0.1, 0.15) is 5.75 Å². The van der Waals surface area contributed by atoms with Crippen molar-refractivity contribution in [2.75, 3.05) is 12.8 Å². The number of anilines is 1. The molecular formula is C15H15N3OS. The van der Waals surface area contributed by atoms with Crippen molar-refractivity contribution >= 4 is 28.5 Å². The van der Waals surface area contributed by atoms with Crippen LogP contribution in [0.3, 0.4) is 0 Å². The van der Waals surface area contributed by atoms with Gasteiger partial charge in [0, 0.05) is 16.6 Å². The molecule has 20 heavy (non-hydrogen) atoms. The van der Waals surface area contributed by atoms with E-state index in [2.05, 4.69) is 9.97 Å². The van der Waals surface area contributed by atoms with E-state index in [-0.39, 0.29) is 0 Å². The minimum absolute atomic E-state index is 0.801. The van der Waals surface area contributed by atoms with Crippen LogP contribution in [0.2, 0.25) is 0 Å². The van der Waals surface area contributed by atoms with Crippen LogP contribution < -0.4 is 10.5 Å². The van der Waals surface area contributed by atoms with Gasteiger partial charge in [-0.1, -0.05) is 12.1 Å². The Morgan fingerprint density at radius 1 is 1.25 bits per heavy atom. The molecular weight excluding hydrogens is 270 g/mol. The van der Waals surface area contributed by atoms with E-state index in [4.69, 9.17) is 10.5 Å². The molecule has 3 rings (SSSR count). The number of nitrogens with zero attached hydrogens (tertiary/aromatic N) is 1. The van der Waals surface area contributed by atoms with Crippen molar-refractivity contribution in [2.45, 2.75) is 17.0 Å². The lowest BCUT2D eigenvalue weighted by Gasteiger charge is -2.05. The summed E-state index contributed by atoms with van der Waals surface area (Å²) in [5, 5.41) is 0.825. The van der Waals surface area contributed by atoms with Crippen molar-refractivity contribution in [1.29, 1.82) is 0 Å². The van der Waals surface area contributed by atoms with Gasteiger partial charge in [-0.15, -0.1) is 0 Å². The molecule has 0 atom stereocenters. The molecule has 0 fully saturated rings. The first-order chi connectivity index (χ1) is 9.67. The normalized spacial score (nSPS) is 10.9. The molecule has 102 valence electrons. The van der Waals surface area contributed by atoms with Gasteiger partial charge in [0.05, 0.1) is 18.1 Å². The van der Waals surface area contributed by atoms with Gasteiger partial charge >= 0.3 is 0 Å². The van der Waals surface area contributed by atoms with Crippen molar-refractivity contribution in [3.63, 3.8) is 0 Å². The number of ether oxygens (including phenoxy) is 1. The fraction of sp³-hybridized carbons (Fsp3) is 0.133. The summed E-state index contributed by atoms with van der Waals surface area (Å²) in [6, 6.07) is 11.8. The van der Waals surface area contributed by atoms with Crippen LogP contribution in [0.4, 0.5) is 5.69 Å². The van der Waals surface area contributed by atoms with E-state index < -0.39 is 0 Å². The molecule has 0 spiro atoms. The highest BCUT2D eigenvalue weighted by molar-refractivity contribution is 7.99. The van der Waals surface area contributed by atoms with Gasteiger partial charge in [-0.25, -0.2) is 4.98 Å². The Hall–Kier alpha value is -2.14. The van der Waals surface area contributed by atoms with Crippen LogP contribution in [0.1, 0.15) is 5.56 Å². The standard InChI is InChI=1S/C15H15N3OS/c1-9-4-3-5-13(14(9)16)20-15-17-11-7-6-10(19-2)8-12(11)18-15/h3-8H,16H2,1-2H3,(H,17,18). The van der Waals surface area contributed by atoms with E-state index in [9.17, 15) is 0 Å². The Morgan fingerprint density at radius 3 is 2.90 bits per heavy atom. The minimum atomic E-state index is 0.801. The first-order valence-electron chi connectivity index (χ1n) is 6.24. The van der Waals surface area contributed by atoms with Crippen LogP contribution in [0.15, 0.2) is 46.5 Å². The number of aryl methyl sites for hydroxylation is 1. The Morgan fingerprint density at radius 2 is 2.10 bits per heavy atom. The van der Waals surface area contributed by atoms with Crippen molar-refractivity contribution in [2.24, 2.45) is 0 Å². The molecule has 0 unspecified atom stereocenters. The molecule has 0 aliphatic carbocycles. The molecule has 0 radical (unpaired) electrons. The fourth-order valence-corrected chi connectivity index (χ4v) is 2.92.